The van der Waals surface area contributed by atoms with E-state index in [0.29, 0.717) is 0 Å². The van der Waals surface area contributed by atoms with Gasteiger partial charge in [-0.2, -0.15) is 92.2 Å². The van der Waals surface area contributed by atoms with Crippen molar-refractivity contribution in [2.24, 2.45) is 0 Å². The summed E-state index contributed by atoms with van der Waals surface area (Å²) in [6, 6.07) is 0. The fourth-order valence-corrected chi connectivity index (χ4v) is 1.67. The molecule has 0 nitrogen and oxygen atoms in total. The van der Waals surface area contributed by atoms with E-state index in [1.54, 1.807) is 0 Å². The minimum atomic E-state index is -9.05. The zero-order valence-electron chi connectivity index (χ0n) is 13.8. The van der Waals surface area contributed by atoms with Gasteiger partial charge in [0.05, 0.1) is 0 Å². The molecule has 0 aliphatic heterocycles. The van der Waals surface area contributed by atoms with Crippen molar-refractivity contribution in [1.29, 1.82) is 0 Å². The molecule has 0 bridgehead atoms. The summed E-state index contributed by atoms with van der Waals surface area (Å²) in [5.41, 5.74) is -5.38. The van der Waals surface area contributed by atoms with E-state index in [2.05, 4.69) is 0 Å². The molecular weight excluding hydrogens is 550 g/mol. The van der Waals surface area contributed by atoms with Crippen molar-refractivity contribution in [3.63, 3.8) is 0 Å². The van der Waals surface area contributed by atoms with Gasteiger partial charge in [-0.15, -0.1) is 0 Å². The second kappa shape index (κ2) is 7.60. The normalized spacial score (nSPS) is 16.2. The molecule has 0 spiro atoms. The molecule has 0 atom stereocenters. The second-order valence-electron chi connectivity index (χ2n) is 5.63. The van der Waals surface area contributed by atoms with Crippen LogP contribution >= 0.6 is 0 Å². The monoisotopic (exact) mass is 550 g/mol. The van der Waals surface area contributed by atoms with Crippen molar-refractivity contribution < 1.29 is 96.6 Å². The number of allylic oxidation sites excluding steroid dienone is 2. The molecule has 22 heteroatoms. The molecule has 0 heterocycles. The Morgan fingerprint density at radius 3 is 0.818 bits per heavy atom. The van der Waals surface area contributed by atoms with Gasteiger partial charge < -0.3 is 0 Å². The number of hydrogen-bond donors (Lipinski definition) is 0. The first-order chi connectivity index (χ1) is 13.8. The third kappa shape index (κ3) is 4.36. The Labute approximate surface area is 163 Å². The minimum Gasteiger partial charge on any atom is -0.204 e. The molecule has 0 saturated heterocycles. The molecule has 0 fully saturated rings. The highest BCUT2D eigenvalue weighted by Crippen LogP contribution is 2.63. The minimum absolute atomic E-state index is 5.38. The number of hydrogen-bond acceptors (Lipinski definition) is 0. The van der Waals surface area contributed by atoms with Crippen LogP contribution in [0.2, 0.25) is 0 Å². The third-order valence-electron chi connectivity index (χ3n) is 3.39. The average molecular weight is 550 g/mol. The van der Waals surface area contributed by atoms with Crippen LogP contribution in [0.5, 0.6) is 0 Å². The van der Waals surface area contributed by atoms with E-state index < -0.39 is 65.5 Å². The molecule has 0 unspecified atom stereocenters. The van der Waals surface area contributed by atoms with E-state index in [9.17, 15) is 96.6 Å². The summed E-state index contributed by atoms with van der Waals surface area (Å²) in [5, 5.41) is 0. The summed E-state index contributed by atoms with van der Waals surface area (Å²) >= 11 is 0. The lowest BCUT2D eigenvalue weighted by atomic mass is 9.90. The van der Waals surface area contributed by atoms with Gasteiger partial charge in [0.2, 0.25) is 0 Å². The van der Waals surface area contributed by atoms with Crippen LogP contribution in [0.25, 0.3) is 0 Å². The van der Waals surface area contributed by atoms with Crippen LogP contribution in [-0.2, 0) is 0 Å². The Hall–Kier alpha value is -1.80. The van der Waals surface area contributed by atoms with E-state index in [4.69, 9.17) is 0 Å². The molecule has 0 aromatic heterocycles. The van der Waals surface area contributed by atoms with Crippen LogP contribution < -0.4 is 0 Å². The molecule has 0 aromatic rings. The average Bonchev–Trinajstić information content (AvgIpc) is 2.49. The third-order valence-corrected chi connectivity index (χ3v) is 3.39. The van der Waals surface area contributed by atoms with Crippen molar-refractivity contribution >= 4 is 0 Å². The summed E-state index contributed by atoms with van der Waals surface area (Å²) in [5.74, 6) is -58.4. The molecule has 0 saturated carbocycles. The number of halogens is 22. The van der Waals surface area contributed by atoms with Gasteiger partial charge in [-0.05, 0) is 0 Å². The summed E-state index contributed by atoms with van der Waals surface area (Å²) < 4.78 is 277. The standard InChI is InChI=1S/C11F22/c12-2(1(4(15,16)17)5(18,19)20)3(13,14)6(21,22)7(23,24)8(25,26)9(27,28)10(29,30)11(31,32)33. The molecule has 33 heavy (non-hydrogen) atoms. The maximum atomic E-state index is 13.2. The highest BCUT2D eigenvalue weighted by molar-refractivity contribution is 5.29. The Kier molecular flexibility index (Phi) is 7.19. The summed E-state index contributed by atoms with van der Waals surface area (Å²) in [6.45, 7) is 0. The van der Waals surface area contributed by atoms with Crippen LogP contribution in [-0.4, -0.2) is 54.1 Å². The first-order valence-corrected chi connectivity index (χ1v) is 6.66. The first-order valence-electron chi connectivity index (χ1n) is 6.66. The van der Waals surface area contributed by atoms with Crippen LogP contribution in [0.4, 0.5) is 96.6 Å². The summed E-state index contributed by atoms with van der Waals surface area (Å²) in [7, 11) is 0. The van der Waals surface area contributed by atoms with E-state index in [-0.39, 0.29) is 0 Å². The van der Waals surface area contributed by atoms with Gasteiger partial charge in [0.25, 0.3) is 0 Å². The van der Waals surface area contributed by atoms with E-state index in [1.807, 2.05) is 0 Å². The van der Waals surface area contributed by atoms with E-state index >= 15 is 0 Å². The Balaban J connectivity index is 7.18. The topological polar surface area (TPSA) is 0 Å². The summed E-state index contributed by atoms with van der Waals surface area (Å²) in [4.78, 5) is 0. The molecule has 0 aromatic carbocycles. The molecule has 0 aliphatic rings. The number of rotatable bonds is 6. The van der Waals surface area contributed by atoms with Crippen LogP contribution in [0.3, 0.4) is 0 Å². The molecule has 198 valence electrons. The lowest BCUT2D eigenvalue weighted by Crippen LogP contribution is -2.72. The second-order valence-corrected chi connectivity index (χ2v) is 5.63. The molecule has 0 rings (SSSR count). The van der Waals surface area contributed by atoms with Crippen molar-refractivity contribution in [3.05, 3.63) is 11.4 Å². The molecule has 0 N–H and O–H groups in total. The zero-order valence-corrected chi connectivity index (χ0v) is 13.8. The van der Waals surface area contributed by atoms with Crippen molar-refractivity contribution in [1.82, 2.24) is 0 Å². The van der Waals surface area contributed by atoms with Crippen molar-refractivity contribution in [2.45, 2.75) is 54.1 Å². The molecule has 0 aliphatic carbocycles. The van der Waals surface area contributed by atoms with Gasteiger partial charge in [0.15, 0.2) is 11.4 Å². The largest absolute Gasteiger partial charge is 0.460 e. The van der Waals surface area contributed by atoms with Gasteiger partial charge in [-0.25, -0.2) is 4.39 Å². The fraction of sp³-hybridized carbons (Fsp3) is 0.818. The van der Waals surface area contributed by atoms with Gasteiger partial charge in [0, 0.05) is 0 Å². The van der Waals surface area contributed by atoms with Crippen LogP contribution in [0.1, 0.15) is 0 Å². The SMILES string of the molecule is FC(=C(C(F)(F)F)C(F)(F)F)C(F)(F)C(F)(F)C(F)(F)C(F)(F)C(F)(F)C(F)(F)C(F)(F)F. The van der Waals surface area contributed by atoms with Gasteiger partial charge in [-0.3, -0.25) is 0 Å². The van der Waals surface area contributed by atoms with Crippen molar-refractivity contribution in [3.8, 4) is 0 Å². The first kappa shape index (κ1) is 31.2. The maximum Gasteiger partial charge on any atom is 0.460 e. The van der Waals surface area contributed by atoms with Crippen LogP contribution in [0.15, 0.2) is 11.4 Å². The fourth-order valence-electron chi connectivity index (χ4n) is 1.67. The van der Waals surface area contributed by atoms with Gasteiger partial charge >= 0.3 is 54.1 Å². The highest BCUT2D eigenvalue weighted by Gasteiger charge is 2.94. The molecule has 0 radical (unpaired) electrons. The highest BCUT2D eigenvalue weighted by atomic mass is 19.4. The Bertz CT molecular complexity index is 737. The number of alkyl halides is 21. The van der Waals surface area contributed by atoms with Gasteiger partial charge in [-0.1, -0.05) is 0 Å². The predicted molar refractivity (Wildman–Crippen MR) is 56.0 cm³/mol. The Morgan fingerprint density at radius 2 is 0.576 bits per heavy atom. The lowest BCUT2D eigenvalue weighted by Gasteiger charge is -2.41. The van der Waals surface area contributed by atoms with E-state index in [1.165, 1.54) is 0 Å². The summed E-state index contributed by atoms with van der Waals surface area (Å²) in [6.07, 6.45) is -23.0. The quantitative estimate of drug-likeness (QED) is 0.298. The predicted octanol–water partition coefficient (Wildman–Crippen LogP) is 7.71. The maximum absolute atomic E-state index is 13.2. The zero-order chi connectivity index (χ0) is 27.7. The smallest absolute Gasteiger partial charge is 0.204 e. The van der Waals surface area contributed by atoms with Crippen molar-refractivity contribution in [2.75, 3.05) is 0 Å². The van der Waals surface area contributed by atoms with E-state index in [0.717, 1.165) is 0 Å². The molecule has 0 amide bonds. The Morgan fingerprint density at radius 1 is 0.333 bits per heavy atom. The lowest BCUT2D eigenvalue weighted by molar-refractivity contribution is -0.451. The van der Waals surface area contributed by atoms with Crippen LogP contribution in [0, 0.1) is 0 Å². The van der Waals surface area contributed by atoms with Gasteiger partial charge in [0.1, 0.15) is 0 Å². The molecular formula is C11F22.